The molecule has 3 aromatic rings. The number of amides is 1. The van der Waals surface area contributed by atoms with Crippen LogP contribution in [0.5, 0.6) is 11.5 Å². The number of benzene rings is 3. The number of anilines is 2. The molecule has 0 unspecified atom stereocenters. The van der Waals surface area contributed by atoms with E-state index in [1.165, 1.54) is 24.8 Å². The lowest BCUT2D eigenvalue weighted by molar-refractivity contribution is -0.114. The van der Waals surface area contributed by atoms with Crippen LogP contribution in [0, 0.1) is 0 Å². The van der Waals surface area contributed by atoms with Crippen molar-refractivity contribution in [1.82, 2.24) is 0 Å². The second-order valence-electron chi connectivity index (χ2n) is 8.27. The van der Waals surface area contributed by atoms with Crippen LogP contribution in [-0.2, 0) is 11.2 Å². The molecule has 0 aliphatic rings. The Morgan fingerprint density at radius 3 is 2.29 bits per heavy atom. The van der Waals surface area contributed by atoms with Gasteiger partial charge in [-0.2, -0.15) is 0 Å². The molecule has 0 saturated carbocycles. The number of hydrogen-bond donors (Lipinski definition) is 2. The fraction of sp³-hybridized carbons (Fsp3) is 0.345. The Labute approximate surface area is 203 Å². The van der Waals surface area contributed by atoms with Crippen LogP contribution in [0.2, 0.25) is 0 Å². The molecule has 0 radical (unpaired) electrons. The summed E-state index contributed by atoms with van der Waals surface area (Å²) >= 11 is 0. The molecule has 0 saturated heterocycles. The van der Waals surface area contributed by atoms with Crippen molar-refractivity contribution in [3.8, 4) is 11.5 Å². The predicted molar refractivity (Wildman–Crippen MR) is 140 cm³/mol. The number of rotatable bonds is 15. The van der Waals surface area contributed by atoms with Crippen molar-refractivity contribution in [2.45, 2.75) is 45.4 Å². The first-order valence-corrected chi connectivity index (χ1v) is 12.3. The molecule has 3 rings (SSSR count). The SMILES string of the molecule is CCCCCCOc1ccc(NCC(=O)Nc2ccccc2OCCCc2ccccc2)cc1. The number of hydrogen-bond acceptors (Lipinski definition) is 4. The molecule has 0 aromatic heterocycles. The molecule has 5 nitrogen and oxygen atoms in total. The van der Waals surface area contributed by atoms with E-state index in [1.807, 2.05) is 66.7 Å². The van der Waals surface area contributed by atoms with Crippen LogP contribution in [0.1, 0.15) is 44.6 Å². The zero-order chi connectivity index (χ0) is 23.8. The second-order valence-corrected chi connectivity index (χ2v) is 8.27. The summed E-state index contributed by atoms with van der Waals surface area (Å²) < 4.78 is 11.7. The number of unbranched alkanes of at least 4 members (excludes halogenated alkanes) is 3. The third-order valence-corrected chi connectivity index (χ3v) is 5.45. The lowest BCUT2D eigenvalue weighted by Crippen LogP contribution is -2.22. The normalized spacial score (nSPS) is 10.5. The smallest absolute Gasteiger partial charge is 0.243 e. The summed E-state index contributed by atoms with van der Waals surface area (Å²) in [6.07, 6.45) is 6.62. The van der Waals surface area contributed by atoms with Gasteiger partial charge in [-0.25, -0.2) is 0 Å². The maximum atomic E-state index is 12.5. The zero-order valence-corrected chi connectivity index (χ0v) is 20.1. The van der Waals surface area contributed by atoms with Crippen molar-refractivity contribution in [2.75, 3.05) is 30.4 Å². The Morgan fingerprint density at radius 2 is 1.50 bits per heavy atom. The van der Waals surface area contributed by atoms with Gasteiger partial charge in [0, 0.05) is 5.69 Å². The highest BCUT2D eigenvalue weighted by Gasteiger charge is 2.08. The summed E-state index contributed by atoms with van der Waals surface area (Å²) in [6, 6.07) is 25.6. The molecule has 0 bridgehead atoms. The Balaban J connectivity index is 1.39. The highest BCUT2D eigenvalue weighted by Crippen LogP contribution is 2.24. The van der Waals surface area contributed by atoms with E-state index in [-0.39, 0.29) is 12.5 Å². The number of aryl methyl sites for hydroxylation is 1. The number of para-hydroxylation sites is 2. The van der Waals surface area contributed by atoms with Gasteiger partial charge in [-0.3, -0.25) is 4.79 Å². The van der Waals surface area contributed by atoms with Crippen molar-refractivity contribution in [1.29, 1.82) is 0 Å². The quantitative estimate of drug-likeness (QED) is 0.248. The average Bonchev–Trinajstić information content (AvgIpc) is 2.87. The van der Waals surface area contributed by atoms with Crippen LogP contribution in [0.15, 0.2) is 78.9 Å². The van der Waals surface area contributed by atoms with Crippen LogP contribution >= 0.6 is 0 Å². The predicted octanol–water partition coefficient (Wildman–Crippen LogP) is 6.71. The largest absolute Gasteiger partial charge is 0.494 e. The molecular weight excluding hydrogens is 424 g/mol. The van der Waals surface area contributed by atoms with Gasteiger partial charge in [0.15, 0.2) is 0 Å². The van der Waals surface area contributed by atoms with E-state index in [9.17, 15) is 4.79 Å². The first-order valence-electron chi connectivity index (χ1n) is 12.3. The van der Waals surface area contributed by atoms with Gasteiger partial charge < -0.3 is 20.1 Å². The molecule has 3 aromatic carbocycles. The molecule has 34 heavy (non-hydrogen) atoms. The summed E-state index contributed by atoms with van der Waals surface area (Å²) in [5.74, 6) is 1.41. The maximum Gasteiger partial charge on any atom is 0.243 e. The third-order valence-electron chi connectivity index (χ3n) is 5.45. The standard InChI is InChI=1S/C29H36N2O3/c1-2-3-4-10-21-33-26-19-17-25(18-20-26)30-23-29(32)31-27-15-8-9-16-28(27)34-22-11-14-24-12-6-5-7-13-24/h5-9,12-13,15-20,30H,2-4,10-11,14,21-23H2,1H3,(H,31,32). The lowest BCUT2D eigenvalue weighted by Gasteiger charge is -2.13. The monoisotopic (exact) mass is 460 g/mol. The molecule has 0 aliphatic heterocycles. The van der Waals surface area contributed by atoms with Gasteiger partial charge in [-0.15, -0.1) is 0 Å². The van der Waals surface area contributed by atoms with Crippen LogP contribution in [0.3, 0.4) is 0 Å². The molecule has 0 fully saturated rings. The second kappa shape index (κ2) is 14.6. The molecular formula is C29H36N2O3. The van der Waals surface area contributed by atoms with E-state index < -0.39 is 0 Å². The van der Waals surface area contributed by atoms with Gasteiger partial charge in [-0.1, -0.05) is 68.7 Å². The summed E-state index contributed by atoms with van der Waals surface area (Å²) in [7, 11) is 0. The number of carbonyl (C=O) groups is 1. The fourth-order valence-electron chi connectivity index (χ4n) is 3.56. The molecule has 2 N–H and O–H groups in total. The Kier molecular flexibility index (Phi) is 10.8. The lowest BCUT2D eigenvalue weighted by atomic mass is 10.1. The van der Waals surface area contributed by atoms with E-state index in [2.05, 4.69) is 29.7 Å². The van der Waals surface area contributed by atoms with E-state index in [0.29, 0.717) is 18.0 Å². The van der Waals surface area contributed by atoms with Crippen LogP contribution < -0.4 is 20.1 Å². The van der Waals surface area contributed by atoms with Gasteiger partial charge in [0.25, 0.3) is 0 Å². The number of nitrogens with one attached hydrogen (secondary N) is 2. The molecule has 180 valence electrons. The van der Waals surface area contributed by atoms with Crippen LogP contribution in [-0.4, -0.2) is 25.7 Å². The van der Waals surface area contributed by atoms with Gasteiger partial charge in [-0.05, 0) is 61.2 Å². The third kappa shape index (κ3) is 9.18. The summed E-state index contributed by atoms with van der Waals surface area (Å²) in [4.78, 5) is 12.5. The van der Waals surface area contributed by atoms with E-state index in [4.69, 9.17) is 9.47 Å². The topological polar surface area (TPSA) is 59.6 Å². The first-order chi connectivity index (χ1) is 16.7. The van der Waals surface area contributed by atoms with Crippen LogP contribution in [0.4, 0.5) is 11.4 Å². The van der Waals surface area contributed by atoms with Gasteiger partial charge >= 0.3 is 0 Å². The van der Waals surface area contributed by atoms with Gasteiger partial charge in [0.1, 0.15) is 11.5 Å². The van der Waals surface area contributed by atoms with Crippen molar-refractivity contribution >= 4 is 17.3 Å². The van der Waals surface area contributed by atoms with E-state index >= 15 is 0 Å². The van der Waals surface area contributed by atoms with Gasteiger partial charge in [0.05, 0.1) is 25.4 Å². The Morgan fingerprint density at radius 1 is 0.765 bits per heavy atom. The molecule has 1 amide bonds. The molecule has 5 heteroatoms. The minimum absolute atomic E-state index is 0.128. The Hall–Kier alpha value is -3.47. The molecule has 0 aliphatic carbocycles. The zero-order valence-electron chi connectivity index (χ0n) is 20.1. The molecule has 0 atom stereocenters. The fourth-order valence-corrected chi connectivity index (χ4v) is 3.56. The van der Waals surface area contributed by atoms with Crippen molar-refractivity contribution in [2.24, 2.45) is 0 Å². The van der Waals surface area contributed by atoms with Gasteiger partial charge in [0.2, 0.25) is 5.91 Å². The van der Waals surface area contributed by atoms with Crippen molar-refractivity contribution < 1.29 is 14.3 Å². The minimum atomic E-state index is -0.128. The van der Waals surface area contributed by atoms with E-state index in [1.54, 1.807) is 0 Å². The minimum Gasteiger partial charge on any atom is -0.494 e. The summed E-state index contributed by atoms with van der Waals surface area (Å²) in [6.45, 7) is 3.70. The summed E-state index contributed by atoms with van der Waals surface area (Å²) in [5.41, 5.74) is 2.85. The average molecular weight is 461 g/mol. The Bertz CT molecular complexity index is 974. The highest BCUT2D eigenvalue weighted by atomic mass is 16.5. The van der Waals surface area contributed by atoms with Crippen molar-refractivity contribution in [3.63, 3.8) is 0 Å². The van der Waals surface area contributed by atoms with Crippen molar-refractivity contribution in [3.05, 3.63) is 84.4 Å². The molecule has 0 spiro atoms. The molecule has 0 heterocycles. The van der Waals surface area contributed by atoms with E-state index in [0.717, 1.165) is 37.3 Å². The maximum absolute atomic E-state index is 12.5. The number of ether oxygens (including phenoxy) is 2. The summed E-state index contributed by atoms with van der Waals surface area (Å²) in [5, 5.41) is 6.10. The van der Waals surface area contributed by atoms with Crippen LogP contribution in [0.25, 0.3) is 0 Å². The highest BCUT2D eigenvalue weighted by molar-refractivity contribution is 5.95. The number of carbonyl (C=O) groups excluding carboxylic acids is 1. The first kappa shape index (κ1) is 25.2.